The van der Waals surface area contributed by atoms with Gasteiger partial charge in [0, 0.05) is 32.7 Å². The van der Waals surface area contributed by atoms with E-state index in [1.165, 1.54) is 12.8 Å². The maximum absolute atomic E-state index is 3.87. The first-order valence-corrected chi connectivity index (χ1v) is 3.31. The summed E-state index contributed by atoms with van der Waals surface area (Å²) < 4.78 is 0. The first-order chi connectivity index (χ1) is 3.67. The average molecular weight is 199 g/mol. The molecule has 1 heteroatoms. The summed E-state index contributed by atoms with van der Waals surface area (Å²) in [7, 11) is 0. The van der Waals surface area contributed by atoms with Crippen LogP contribution in [0.1, 0.15) is 33.1 Å². The third-order valence-corrected chi connectivity index (χ3v) is 2.31. The van der Waals surface area contributed by atoms with Crippen molar-refractivity contribution in [3.05, 3.63) is 12.8 Å². The molecule has 0 spiro atoms. The second-order valence-corrected chi connectivity index (χ2v) is 3.24. The van der Waals surface area contributed by atoms with Crippen LogP contribution in [-0.2, 0) is 32.7 Å². The van der Waals surface area contributed by atoms with E-state index in [-0.39, 0.29) is 32.7 Å². The molecule has 9 heavy (non-hydrogen) atoms. The van der Waals surface area contributed by atoms with E-state index in [2.05, 4.69) is 20.8 Å². The quantitative estimate of drug-likeness (QED) is 0.569. The fourth-order valence-corrected chi connectivity index (χ4v) is 1.27. The van der Waals surface area contributed by atoms with E-state index in [1.807, 2.05) is 0 Å². The number of hydrogen-bond donors (Lipinski definition) is 0. The van der Waals surface area contributed by atoms with Crippen LogP contribution in [0.2, 0.25) is 0 Å². The first kappa shape index (κ1) is 10.1. The predicted molar refractivity (Wildman–Crippen MR) is 36.2 cm³/mol. The SMILES string of the molecule is [CH2-]C[C-]1CCC1(C)C.[Y]. The molecule has 0 aromatic carbocycles. The molecule has 0 saturated heterocycles. The molecular formula is C8H14Y-2. The topological polar surface area (TPSA) is 0 Å². The van der Waals surface area contributed by atoms with Crippen LogP contribution < -0.4 is 0 Å². The van der Waals surface area contributed by atoms with Gasteiger partial charge in [0.1, 0.15) is 0 Å². The van der Waals surface area contributed by atoms with Crippen molar-refractivity contribution >= 4 is 0 Å². The predicted octanol–water partition coefficient (Wildman–Crippen LogP) is 2.60. The Balaban J connectivity index is 0.000000640. The molecule has 1 rings (SSSR count). The van der Waals surface area contributed by atoms with Gasteiger partial charge in [0.25, 0.3) is 0 Å². The van der Waals surface area contributed by atoms with Crippen molar-refractivity contribution < 1.29 is 32.7 Å². The molecule has 1 fully saturated rings. The second-order valence-electron chi connectivity index (χ2n) is 3.24. The minimum absolute atomic E-state index is 0. The molecule has 0 N–H and O–H groups in total. The molecule has 1 radical (unpaired) electrons. The molecule has 0 atom stereocenters. The van der Waals surface area contributed by atoms with Crippen molar-refractivity contribution in [2.75, 3.05) is 0 Å². The van der Waals surface area contributed by atoms with Crippen LogP contribution in [0.25, 0.3) is 0 Å². The molecule has 0 nitrogen and oxygen atoms in total. The minimum Gasteiger partial charge on any atom is -0.372 e. The van der Waals surface area contributed by atoms with E-state index in [0.717, 1.165) is 6.42 Å². The Morgan fingerprint density at radius 3 is 2.11 bits per heavy atom. The Bertz CT molecular complexity index is 84.6. The van der Waals surface area contributed by atoms with Crippen LogP contribution in [-0.4, -0.2) is 0 Å². The summed E-state index contributed by atoms with van der Waals surface area (Å²) in [6.07, 6.45) is 3.75. The molecule has 1 aliphatic carbocycles. The van der Waals surface area contributed by atoms with Gasteiger partial charge in [-0.15, -0.1) is 6.42 Å². The summed E-state index contributed by atoms with van der Waals surface area (Å²) in [5.74, 6) is 1.65. The maximum Gasteiger partial charge on any atom is 0 e. The molecule has 0 bridgehead atoms. The third kappa shape index (κ3) is 2.01. The molecular weight excluding hydrogens is 185 g/mol. The van der Waals surface area contributed by atoms with E-state index in [4.69, 9.17) is 0 Å². The van der Waals surface area contributed by atoms with Crippen molar-refractivity contribution in [2.45, 2.75) is 33.1 Å². The van der Waals surface area contributed by atoms with Gasteiger partial charge in [0.15, 0.2) is 0 Å². The number of rotatable bonds is 1. The normalized spacial score (nSPS) is 24.3. The van der Waals surface area contributed by atoms with Gasteiger partial charge in [-0.2, -0.15) is 11.8 Å². The maximum atomic E-state index is 3.87. The summed E-state index contributed by atoms with van der Waals surface area (Å²) in [4.78, 5) is 0. The van der Waals surface area contributed by atoms with Crippen LogP contribution in [0.3, 0.4) is 0 Å². The van der Waals surface area contributed by atoms with Gasteiger partial charge in [-0.1, -0.05) is 13.8 Å². The molecule has 0 aromatic heterocycles. The molecule has 51 valence electrons. The van der Waals surface area contributed by atoms with Crippen molar-refractivity contribution in [2.24, 2.45) is 5.41 Å². The van der Waals surface area contributed by atoms with Gasteiger partial charge in [0.2, 0.25) is 0 Å². The van der Waals surface area contributed by atoms with Gasteiger partial charge < -0.3 is 19.3 Å². The van der Waals surface area contributed by atoms with E-state index >= 15 is 0 Å². The standard InChI is InChI=1S/C8H14.Y/c1-4-7-5-6-8(7,2)3;/h1,4-6H2,2-3H3;/q-2;. The van der Waals surface area contributed by atoms with E-state index in [0.29, 0.717) is 5.41 Å². The van der Waals surface area contributed by atoms with Gasteiger partial charge >= 0.3 is 0 Å². The molecule has 1 saturated carbocycles. The Labute approximate surface area is 83.7 Å². The smallest absolute Gasteiger partial charge is 0 e. The van der Waals surface area contributed by atoms with Crippen molar-refractivity contribution in [3.63, 3.8) is 0 Å². The van der Waals surface area contributed by atoms with Crippen LogP contribution in [0.5, 0.6) is 0 Å². The van der Waals surface area contributed by atoms with Gasteiger partial charge in [0.05, 0.1) is 0 Å². The first-order valence-electron chi connectivity index (χ1n) is 3.31. The van der Waals surface area contributed by atoms with Crippen LogP contribution >= 0.6 is 0 Å². The fraction of sp³-hybridized carbons (Fsp3) is 0.750. The molecule has 0 aromatic rings. The largest absolute Gasteiger partial charge is 0.372 e. The average Bonchev–Trinajstić information content (AvgIpc) is 1.66. The Hall–Kier alpha value is 1.10. The van der Waals surface area contributed by atoms with E-state index in [1.54, 1.807) is 5.92 Å². The molecule has 0 unspecified atom stereocenters. The third-order valence-electron chi connectivity index (χ3n) is 2.31. The van der Waals surface area contributed by atoms with E-state index < -0.39 is 0 Å². The molecule has 1 aliphatic rings. The Morgan fingerprint density at radius 1 is 1.56 bits per heavy atom. The van der Waals surface area contributed by atoms with Gasteiger partial charge in [-0.25, -0.2) is 0 Å². The summed E-state index contributed by atoms with van der Waals surface area (Å²) >= 11 is 0. The minimum atomic E-state index is 0. The van der Waals surface area contributed by atoms with Crippen molar-refractivity contribution in [1.29, 1.82) is 0 Å². The zero-order valence-electron chi connectivity index (χ0n) is 6.41. The van der Waals surface area contributed by atoms with Crippen LogP contribution in [0.15, 0.2) is 0 Å². The number of hydrogen-bond acceptors (Lipinski definition) is 0. The summed E-state index contributed by atoms with van der Waals surface area (Å²) in [6.45, 7) is 8.47. The van der Waals surface area contributed by atoms with Gasteiger partial charge in [-0.3, -0.25) is 0 Å². The van der Waals surface area contributed by atoms with Crippen molar-refractivity contribution in [1.82, 2.24) is 0 Å². The molecule has 0 amide bonds. The monoisotopic (exact) mass is 199 g/mol. The molecule has 0 heterocycles. The Kier molecular flexibility index (Phi) is 3.91. The summed E-state index contributed by atoms with van der Waals surface area (Å²) in [5, 5.41) is 0. The Morgan fingerprint density at radius 2 is 2.11 bits per heavy atom. The van der Waals surface area contributed by atoms with Crippen LogP contribution in [0.4, 0.5) is 0 Å². The fourth-order valence-electron chi connectivity index (χ4n) is 1.27. The van der Waals surface area contributed by atoms with Gasteiger partial charge in [-0.05, 0) is 0 Å². The zero-order valence-corrected chi connectivity index (χ0v) is 9.24. The van der Waals surface area contributed by atoms with E-state index in [9.17, 15) is 0 Å². The summed E-state index contributed by atoms with van der Waals surface area (Å²) in [5.41, 5.74) is 0.543. The van der Waals surface area contributed by atoms with Crippen molar-refractivity contribution in [3.8, 4) is 0 Å². The zero-order chi connectivity index (χ0) is 6.20. The second kappa shape index (κ2) is 3.48. The molecule has 0 aliphatic heterocycles. The van der Waals surface area contributed by atoms with Crippen LogP contribution in [0, 0.1) is 18.3 Å². The summed E-state index contributed by atoms with van der Waals surface area (Å²) in [6, 6.07) is 0.